The van der Waals surface area contributed by atoms with Crippen LogP contribution in [-0.2, 0) is 0 Å². The minimum atomic E-state index is -0.581. The number of amides is 1. The van der Waals surface area contributed by atoms with Crippen LogP contribution in [0, 0.1) is 24.0 Å². The van der Waals surface area contributed by atoms with Gasteiger partial charge in [-0.2, -0.15) is 0 Å². The van der Waals surface area contributed by atoms with E-state index < -0.39 is 10.8 Å². The second kappa shape index (κ2) is 6.16. The number of carbonyl (C=O) groups excluding carboxylic acids is 1. The van der Waals surface area contributed by atoms with Crippen LogP contribution in [0.3, 0.4) is 0 Å². The molecule has 24 heavy (non-hydrogen) atoms. The minimum Gasteiger partial charge on any atom is -0.401 e. The summed E-state index contributed by atoms with van der Waals surface area (Å²) in [5.41, 5.74) is 0.982. The number of nitro groups is 1. The van der Waals surface area contributed by atoms with Crippen LogP contribution >= 0.6 is 11.3 Å². The molecule has 0 saturated carbocycles. The van der Waals surface area contributed by atoms with E-state index in [9.17, 15) is 14.9 Å². The molecule has 2 aromatic heterocycles. The van der Waals surface area contributed by atoms with Gasteiger partial charge >= 0.3 is 6.01 Å². The van der Waals surface area contributed by atoms with Crippen molar-refractivity contribution in [2.75, 3.05) is 5.32 Å². The van der Waals surface area contributed by atoms with Gasteiger partial charge in [-0.1, -0.05) is 11.2 Å². The summed E-state index contributed by atoms with van der Waals surface area (Å²) in [7, 11) is 0. The van der Waals surface area contributed by atoms with Gasteiger partial charge in [0.05, 0.1) is 9.93 Å². The highest BCUT2D eigenvalue weighted by Gasteiger charge is 2.18. The highest BCUT2D eigenvalue weighted by atomic mass is 32.1. The van der Waals surface area contributed by atoms with Crippen molar-refractivity contribution in [3.05, 3.63) is 49.8 Å². The molecule has 0 atom stereocenters. The molecule has 122 valence electrons. The van der Waals surface area contributed by atoms with Gasteiger partial charge in [-0.05, 0) is 19.9 Å². The van der Waals surface area contributed by atoms with Gasteiger partial charge in [0.25, 0.3) is 17.5 Å². The fourth-order valence-electron chi connectivity index (χ4n) is 1.96. The molecular weight excluding hydrogens is 334 g/mol. The van der Waals surface area contributed by atoms with Crippen LogP contribution in [0.4, 0.5) is 11.7 Å². The first-order chi connectivity index (χ1) is 11.4. The molecule has 2 heterocycles. The summed E-state index contributed by atoms with van der Waals surface area (Å²) >= 11 is 1.43. The van der Waals surface area contributed by atoms with E-state index in [-0.39, 0.29) is 23.2 Å². The Morgan fingerprint density at radius 3 is 2.79 bits per heavy atom. The number of nitrogens with zero attached hydrogens (tertiary/aromatic N) is 4. The number of hydrogen-bond donors (Lipinski definition) is 1. The molecule has 0 radical (unpaired) electrons. The van der Waals surface area contributed by atoms with Crippen LogP contribution in [0.1, 0.15) is 20.9 Å². The number of thiazole rings is 1. The standard InChI is InChI=1S/C14H11N5O4S/c1-7-3-4-9(5-11(7)19(21)22)12(20)16-14-18-17-13(23-14)10-6-24-8(2)15-10/h3-6H,1-2H3,(H,16,18,20). The lowest BCUT2D eigenvalue weighted by molar-refractivity contribution is -0.385. The van der Waals surface area contributed by atoms with Crippen molar-refractivity contribution in [2.24, 2.45) is 0 Å². The molecule has 0 aliphatic heterocycles. The van der Waals surface area contributed by atoms with Crippen LogP contribution in [0.5, 0.6) is 0 Å². The second-order valence-corrected chi connectivity index (χ2v) is 5.94. The maximum atomic E-state index is 12.2. The highest BCUT2D eigenvalue weighted by Crippen LogP contribution is 2.23. The Balaban J connectivity index is 1.79. The molecule has 1 N–H and O–H groups in total. The van der Waals surface area contributed by atoms with Crippen molar-refractivity contribution in [3.8, 4) is 11.6 Å². The van der Waals surface area contributed by atoms with Crippen LogP contribution in [0.15, 0.2) is 28.0 Å². The smallest absolute Gasteiger partial charge is 0.322 e. The summed E-state index contributed by atoms with van der Waals surface area (Å²) in [4.78, 5) is 26.8. The third-order valence-electron chi connectivity index (χ3n) is 3.15. The van der Waals surface area contributed by atoms with Crippen molar-refractivity contribution in [2.45, 2.75) is 13.8 Å². The van der Waals surface area contributed by atoms with E-state index in [2.05, 4.69) is 20.5 Å². The first-order valence-corrected chi connectivity index (χ1v) is 7.64. The van der Waals surface area contributed by atoms with Crippen molar-refractivity contribution >= 4 is 28.9 Å². The van der Waals surface area contributed by atoms with E-state index in [1.807, 2.05) is 6.92 Å². The number of nitrogens with one attached hydrogen (secondary N) is 1. The number of hydrogen-bond acceptors (Lipinski definition) is 8. The molecule has 3 rings (SSSR count). The van der Waals surface area contributed by atoms with E-state index >= 15 is 0 Å². The van der Waals surface area contributed by atoms with Crippen molar-refractivity contribution in [1.29, 1.82) is 0 Å². The lowest BCUT2D eigenvalue weighted by atomic mass is 10.1. The van der Waals surface area contributed by atoms with E-state index in [0.717, 1.165) is 5.01 Å². The molecular formula is C14H11N5O4S. The summed E-state index contributed by atoms with van der Waals surface area (Å²) in [5.74, 6) is -0.396. The number of aryl methyl sites for hydroxylation is 2. The summed E-state index contributed by atoms with van der Waals surface area (Å²) < 4.78 is 5.33. The van der Waals surface area contributed by atoms with Gasteiger partial charge in [0.15, 0.2) is 0 Å². The predicted molar refractivity (Wildman–Crippen MR) is 85.9 cm³/mol. The molecule has 1 aromatic carbocycles. The second-order valence-electron chi connectivity index (χ2n) is 4.88. The molecule has 0 aliphatic carbocycles. The number of rotatable bonds is 4. The maximum absolute atomic E-state index is 12.2. The molecule has 0 spiro atoms. The van der Waals surface area contributed by atoms with Gasteiger partial charge < -0.3 is 4.42 Å². The molecule has 0 aliphatic rings. The molecule has 1 amide bonds. The quantitative estimate of drug-likeness (QED) is 0.569. The zero-order valence-electron chi connectivity index (χ0n) is 12.6. The third-order valence-corrected chi connectivity index (χ3v) is 3.93. The van der Waals surface area contributed by atoms with Gasteiger partial charge in [-0.3, -0.25) is 20.2 Å². The van der Waals surface area contributed by atoms with Crippen molar-refractivity contribution < 1.29 is 14.1 Å². The van der Waals surface area contributed by atoms with E-state index in [0.29, 0.717) is 11.3 Å². The zero-order valence-corrected chi connectivity index (χ0v) is 13.5. The lowest BCUT2D eigenvalue weighted by Crippen LogP contribution is -2.12. The fourth-order valence-corrected chi connectivity index (χ4v) is 2.54. The number of benzene rings is 1. The lowest BCUT2D eigenvalue weighted by Gasteiger charge is -2.02. The van der Waals surface area contributed by atoms with E-state index in [4.69, 9.17) is 4.42 Å². The SMILES string of the molecule is Cc1nc(-c2nnc(NC(=O)c3ccc(C)c([N+](=O)[O-])c3)o2)cs1. The topological polar surface area (TPSA) is 124 Å². The molecule has 3 aromatic rings. The van der Waals surface area contributed by atoms with Crippen molar-refractivity contribution in [3.63, 3.8) is 0 Å². The van der Waals surface area contributed by atoms with Crippen LogP contribution < -0.4 is 5.32 Å². The summed E-state index contributed by atoms with van der Waals surface area (Å²) in [6, 6.07) is 4.08. The number of carbonyl (C=O) groups is 1. The van der Waals surface area contributed by atoms with E-state index in [1.165, 1.54) is 29.5 Å². The van der Waals surface area contributed by atoms with E-state index in [1.54, 1.807) is 12.3 Å². The van der Waals surface area contributed by atoms with Crippen LogP contribution in [0.25, 0.3) is 11.6 Å². The Morgan fingerprint density at radius 2 is 2.12 bits per heavy atom. The van der Waals surface area contributed by atoms with Crippen LogP contribution in [0.2, 0.25) is 0 Å². The van der Waals surface area contributed by atoms with Crippen molar-refractivity contribution in [1.82, 2.24) is 15.2 Å². The monoisotopic (exact) mass is 345 g/mol. The Bertz CT molecular complexity index is 933. The Kier molecular flexibility index (Phi) is 4.04. The average Bonchev–Trinajstić information content (AvgIpc) is 3.16. The highest BCUT2D eigenvalue weighted by molar-refractivity contribution is 7.09. The number of nitro benzene ring substituents is 1. The van der Waals surface area contributed by atoms with Gasteiger partial charge in [0.2, 0.25) is 0 Å². The molecule has 0 unspecified atom stereocenters. The molecule has 0 bridgehead atoms. The van der Waals surface area contributed by atoms with Gasteiger partial charge in [0.1, 0.15) is 5.69 Å². The van der Waals surface area contributed by atoms with Gasteiger partial charge in [-0.25, -0.2) is 4.98 Å². The first kappa shape index (κ1) is 15.7. The summed E-state index contributed by atoms with van der Waals surface area (Å²) in [6.45, 7) is 3.44. The first-order valence-electron chi connectivity index (χ1n) is 6.76. The Hall–Kier alpha value is -3.14. The Labute approximate surface area is 139 Å². The minimum absolute atomic E-state index is 0.108. The van der Waals surface area contributed by atoms with Gasteiger partial charge in [-0.15, -0.1) is 16.4 Å². The normalized spacial score (nSPS) is 10.6. The third kappa shape index (κ3) is 3.13. The largest absolute Gasteiger partial charge is 0.401 e. The zero-order chi connectivity index (χ0) is 17.3. The number of anilines is 1. The summed E-state index contributed by atoms with van der Waals surface area (Å²) in [5, 5.41) is 23.5. The average molecular weight is 345 g/mol. The Morgan fingerprint density at radius 1 is 1.33 bits per heavy atom. The molecule has 0 fully saturated rings. The predicted octanol–water partition coefficient (Wildman–Crippen LogP) is 2.97. The fraction of sp³-hybridized carbons (Fsp3) is 0.143. The molecule has 9 nitrogen and oxygen atoms in total. The molecule has 10 heteroatoms. The molecule has 0 saturated heterocycles. The van der Waals surface area contributed by atoms with Gasteiger partial charge in [0, 0.05) is 22.6 Å². The maximum Gasteiger partial charge on any atom is 0.322 e. The van der Waals surface area contributed by atoms with Crippen LogP contribution in [-0.4, -0.2) is 26.0 Å². The number of aromatic nitrogens is 3. The summed E-state index contributed by atoms with van der Waals surface area (Å²) in [6.07, 6.45) is 0.